The van der Waals surface area contributed by atoms with Crippen LogP contribution >= 0.6 is 0 Å². The van der Waals surface area contributed by atoms with E-state index in [4.69, 9.17) is 0 Å². The first-order valence-corrected chi connectivity index (χ1v) is 10.9. The van der Waals surface area contributed by atoms with Gasteiger partial charge in [0.25, 0.3) is 0 Å². The topological polar surface area (TPSA) is 100 Å². The van der Waals surface area contributed by atoms with Crippen LogP contribution < -0.4 is 10.6 Å². The van der Waals surface area contributed by atoms with E-state index in [1.807, 2.05) is 31.3 Å². The third kappa shape index (κ3) is 4.86. The van der Waals surface area contributed by atoms with Gasteiger partial charge < -0.3 is 15.7 Å². The van der Waals surface area contributed by atoms with Crippen LogP contribution in [0.25, 0.3) is 16.9 Å². The summed E-state index contributed by atoms with van der Waals surface area (Å²) in [5, 5.41) is 20.4. The number of benzene rings is 1. The molecule has 4 aromatic rings. The van der Waals surface area contributed by atoms with Gasteiger partial charge in [-0.3, -0.25) is 4.98 Å². The van der Waals surface area contributed by atoms with Gasteiger partial charge in [-0.25, -0.2) is 0 Å². The van der Waals surface area contributed by atoms with E-state index in [-0.39, 0.29) is 18.6 Å². The predicted octanol–water partition coefficient (Wildman–Crippen LogP) is 4.10. The van der Waals surface area contributed by atoms with Gasteiger partial charge in [0.15, 0.2) is 5.65 Å². The van der Waals surface area contributed by atoms with Crippen molar-refractivity contribution < 1.29 is 5.11 Å². The maximum Gasteiger partial charge on any atom is 0.229 e. The number of aliphatic hydroxyl groups is 1. The largest absolute Gasteiger partial charge is 0.396 e. The van der Waals surface area contributed by atoms with Gasteiger partial charge in [-0.05, 0) is 37.0 Å². The zero-order valence-electron chi connectivity index (χ0n) is 18.7. The molecule has 0 amide bonds. The lowest BCUT2D eigenvalue weighted by molar-refractivity contribution is 0.282. The van der Waals surface area contributed by atoms with Gasteiger partial charge in [-0.1, -0.05) is 44.2 Å². The van der Waals surface area contributed by atoms with Crippen molar-refractivity contribution in [2.24, 2.45) is 0 Å². The second kappa shape index (κ2) is 9.74. The smallest absolute Gasteiger partial charge is 0.229 e. The van der Waals surface area contributed by atoms with E-state index >= 15 is 0 Å². The molecule has 166 valence electrons. The third-order valence-electron chi connectivity index (χ3n) is 5.32. The highest BCUT2D eigenvalue weighted by Gasteiger charge is 2.16. The van der Waals surface area contributed by atoms with Crippen molar-refractivity contribution in [2.45, 2.75) is 45.7 Å². The molecule has 0 aliphatic carbocycles. The molecule has 0 saturated carbocycles. The molecule has 0 fully saturated rings. The number of aromatic nitrogens is 5. The van der Waals surface area contributed by atoms with Gasteiger partial charge in [0.05, 0.1) is 11.9 Å². The summed E-state index contributed by atoms with van der Waals surface area (Å²) in [6, 6.07) is 14.3. The number of hydrogen-bond donors (Lipinski definition) is 3. The van der Waals surface area contributed by atoms with Gasteiger partial charge in [-0.15, -0.1) is 0 Å². The summed E-state index contributed by atoms with van der Waals surface area (Å²) in [6.07, 6.45) is 4.27. The molecule has 0 aliphatic rings. The highest BCUT2D eigenvalue weighted by atomic mass is 16.3. The van der Waals surface area contributed by atoms with E-state index in [2.05, 4.69) is 68.8 Å². The number of rotatable bonds is 9. The Kier molecular flexibility index (Phi) is 6.61. The molecule has 32 heavy (non-hydrogen) atoms. The summed E-state index contributed by atoms with van der Waals surface area (Å²) in [5.74, 6) is 1.43. The maximum atomic E-state index is 9.22. The van der Waals surface area contributed by atoms with Crippen molar-refractivity contribution in [3.8, 4) is 11.3 Å². The van der Waals surface area contributed by atoms with E-state index in [1.165, 1.54) is 0 Å². The lowest BCUT2D eigenvalue weighted by Gasteiger charge is -2.15. The van der Waals surface area contributed by atoms with Crippen LogP contribution in [0.15, 0.2) is 54.9 Å². The van der Waals surface area contributed by atoms with E-state index in [0.717, 1.165) is 28.0 Å². The molecule has 0 radical (unpaired) electrons. The number of hydrogen-bond acceptors (Lipinski definition) is 7. The second-order valence-electron chi connectivity index (χ2n) is 8.18. The van der Waals surface area contributed by atoms with E-state index < -0.39 is 0 Å². The van der Waals surface area contributed by atoms with Crippen molar-refractivity contribution in [1.29, 1.82) is 0 Å². The first-order chi connectivity index (χ1) is 15.5. The van der Waals surface area contributed by atoms with Crippen LogP contribution in [0.3, 0.4) is 0 Å². The molecular weight excluding hydrogens is 402 g/mol. The van der Waals surface area contributed by atoms with Gasteiger partial charge in [0, 0.05) is 36.5 Å². The Balaban J connectivity index is 1.57. The normalized spacial score (nSPS) is 12.3. The first-order valence-electron chi connectivity index (χ1n) is 10.9. The number of anilines is 2. The van der Waals surface area contributed by atoms with Crippen LogP contribution in [-0.4, -0.2) is 42.3 Å². The van der Waals surface area contributed by atoms with Crippen LogP contribution in [0, 0.1) is 0 Å². The van der Waals surface area contributed by atoms with Gasteiger partial charge >= 0.3 is 0 Å². The molecule has 1 aromatic carbocycles. The SMILES string of the molecule is CC(C)c1cnn2c(NCc3ccc(-c4ccccn4)cc3)nc(N[C@H](C)CCO)nc12. The molecule has 3 heterocycles. The molecule has 3 aromatic heterocycles. The molecule has 8 heteroatoms. The van der Waals surface area contributed by atoms with Crippen molar-refractivity contribution in [1.82, 2.24) is 24.6 Å². The molecular formula is C24H29N7O. The summed E-state index contributed by atoms with van der Waals surface area (Å²) in [4.78, 5) is 13.7. The van der Waals surface area contributed by atoms with Gasteiger partial charge in [0.2, 0.25) is 11.9 Å². The molecule has 0 saturated heterocycles. The minimum Gasteiger partial charge on any atom is -0.396 e. The zero-order valence-corrected chi connectivity index (χ0v) is 18.7. The summed E-state index contributed by atoms with van der Waals surface area (Å²) in [6.45, 7) is 6.95. The van der Waals surface area contributed by atoms with Crippen LogP contribution in [-0.2, 0) is 6.54 Å². The zero-order chi connectivity index (χ0) is 22.5. The molecule has 8 nitrogen and oxygen atoms in total. The Morgan fingerprint density at radius 3 is 2.53 bits per heavy atom. The fourth-order valence-electron chi connectivity index (χ4n) is 3.47. The monoisotopic (exact) mass is 431 g/mol. The molecule has 0 aliphatic heterocycles. The lowest BCUT2D eigenvalue weighted by Crippen LogP contribution is -2.20. The predicted molar refractivity (Wildman–Crippen MR) is 127 cm³/mol. The van der Waals surface area contributed by atoms with Crippen molar-refractivity contribution in [2.75, 3.05) is 17.2 Å². The minimum absolute atomic E-state index is 0.0554. The van der Waals surface area contributed by atoms with Gasteiger partial charge in [-0.2, -0.15) is 19.6 Å². The Bertz CT molecular complexity index is 1160. The Morgan fingerprint density at radius 1 is 1.03 bits per heavy atom. The highest BCUT2D eigenvalue weighted by molar-refractivity contribution is 5.59. The first kappa shape index (κ1) is 21.7. The van der Waals surface area contributed by atoms with Crippen molar-refractivity contribution in [3.05, 3.63) is 66.0 Å². The van der Waals surface area contributed by atoms with Crippen LogP contribution in [0.5, 0.6) is 0 Å². The highest BCUT2D eigenvalue weighted by Crippen LogP contribution is 2.23. The fraction of sp³-hybridized carbons (Fsp3) is 0.333. The van der Waals surface area contributed by atoms with E-state index in [0.29, 0.717) is 24.9 Å². The minimum atomic E-state index is 0.0554. The summed E-state index contributed by atoms with van der Waals surface area (Å²) >= 11 is 0. The average molecular weight is 432 g/mol. The number of nitrogens with one attached hydrogen (secondary N) is 2. The third-order valence-corrected chi connectivity index (χ3v) is 5.32. The van der Waals surface area contributed by atoms with Crippen LogP contribution in [0.4, 0.5) is 11.9 Å². The van der Waals surface area contributed by atoms with Crippen molar-refractivity contribution >= 4 is 17.5 Å². The quantitative estimate of drug-likeness (QED) is 0.367. The number of nitrogens with zero attached hydrogens (tertiary/aromatic N) is 5. The Morgan fingerprint density at radius 2 is 1.84 bits per heavy atom. The Labute approximate surface area is 187 Å². The second-order valence-corrected chi connectivity index (χ2v) is 8.18. The summed E-state index contributed by atoms with van der Waals surface area (Å²) in [7, 11) is 0. The summed E-state index contributed by atoms with van der Waals surface area (Å²) in [5.41, 5.74) is 5.00. The van der Waals surface area contributed by atoms with E-state index in [1.54, 1.807) is 10.7 Å². The maximum absolute atomic E-state index is 9.22. The molecule has 0 spiro atoms. The fourth-order valence-corrected chi connectivity index (χ4v) is 3.47. The standard InChI is InChI=1S/C24H29N7O/c1-16(2)20-15-27-31-22(20)29-23(28-17(3)11-13-32)30-24(31)26-14-18-7-9-19(10-8-18)21-6-4-5-12-25-21/h4-10,12,15-17,32H,11,13-14H2,1-3H3,(H2,26,28,29,30)/t17-/m1/s1. The molecule has 4 rings (SSSR count). The average Bonchev–Trinajstić information content (AvgIpc) is 3.23. The number of aliphatic hydroxyl groups excluding tert-OH is 1. The van der Waals surface area contributed by atoms with Crippen molar-refractivity contribution in [3.63, 3.8) is 0 Å². The van der Waals surface area contributed by atoms with Crippen LogP contribution in [0.1, 0.15) is 44.2 Å². The lowest BCUT2D eigenvalue weighted by atomic mass is 10.1. The van der Waals surface area contributed by atoms with Gasteiger partial charge in [0.1, 0.15) is 0 Å². The molecule has 0 bridgehead atoms. The van der Waals surface area contributed by atoms with E-state index in [9.17, 15) is 5.11 Å². The number of pyridine rings is 1. The molecule has 1 atom stereocenters. The van der Waals surface area contributed by atoms with Crippen LogP contribution in [0.2, 0.25) is 0 Å². The number of fused-ring (bicyclic) bond motifs is 1. The summed E-state index contributed by atoms with van der Waals surface area (Å²) < 4.78 is 1.75. The Hall–Kier alpha value is -3.52. The molecule has 3 N–H and O–H groups in total. The molecule has 0 unspecified atom stereocenters.